The van der Waals surface area contributed by atoms with Gasteiger partial charge in [0, 0.05) is 54.2 Å². The van der Waals surface area contributed by atoms with Gasteiger partial charge in [0.25, 0.3) is 5.91 Å². The SMILES string of the molecule is Cc1cc(C(=O)CN2CCN(C(=O)c3cccc(C#N)c3)CC2)c(C)n1C(C)(C)C. The van der Waals surface area contributed by atoms with Crippen LogP contribution in [0.3, 0.4) is 0 Å². The predicted molar refractivity (Wildman–Crippen MR) is 117 cm³/mol. The van der Waals surface area contributed by atoms with Crippen LogP contribution in [-0.4, -0.2) is 58.8 Å². The second-order valence-corrected chi connectivity index (χ2v) is 8.98. The van der Waals surface area contributed by atoms with Crippen LogP contribution in [0, 0.1) is 25.2 Å². The summed E-state index contributed by atoms with van der Waals surface area (Å²) in [6, 6.07) is 10.9. The minimum atomic E-state index is -0.0679. The Morgan fingerprint density at radius 1 is 1.07 bits per heavy atom. The first-order valence-corrected chi connectivity index (χ1v) is 10.4. The summed E-state index contributed by atoms with van der Waals surface area (Å²) in [5, 5.41) is 9.03. The molecule has 2 aromatic rings. The average Bonchev–Trinajstić information content (AvgIpc) is 3.02. The monoisotopic (exact) mass is 406 g/mol. The zero-order chi connectivity index (χ0) is 22.1. The zero-order valence-corrected chi connectivity index (χ0v) is 18.5. The molecule has 0 bridgehead atoms. The van der Waals surface area contributed by atoms with E-state index in [4.69, 9.17) is 5.26 Å². The van der Waals surface area contributed by atoms with Gasteiger partial charge in [0.05, 0.1) is 18.2 Å². The van der Waals surface area contributed by atoms with Crippen LogP contribution in [-0.2, 0) is 5.54 Å². The third-order valence-corrected chi connectivity index (χ3v) is 5.67. The van der Waals surface area contributed by atoms with Crippen LogP contribution < -0.4 is 0 Å². The summed E-state index contributed by atoms with van der Waals surface area (Å²) in [6.07, 6.45) is 0. The van der Waals surface area contributed by atoms with Gasteiger partial charge in [-0.15, -0.1) is 0 Å². The molecule has 0 N–H and O–H groups in total. The summed E-state index contributed by atoms with van der Waals surface area (Å²) in [4.78, 5) is 29.6. The molecule has 6 nitrogen and oxygen atoms in total. The van der Waals surface area contributed by atoms with E-state index in [-0.39, 0.29) is 17.2 Å². The fourth-order valence-electron chi connectivity index (χ4n) is 4.38. The molecule has 1 aromatic heterocycles. The average molecular weight is 407 g/mol. The Balaban J connectivity index is 1.62. The summed E-state index contributed by atoms with van der Waals surface area (Å²) in [6.45, 7) is 13.3. The number of Topliss-reactive ketones (excluding diaryl/α,β-unsaturated/α-hetero) is 1. The molecular formula is C24H30N4O2. The van der Waals surface area contributed by atoms with Crippen molar-refractivity contribution in [1.82, 2.24) is 14.4 Å². The molecule has 0 unspecified atom stereocenters. The molecule has 0 atom stereocenters. The van der Waals surface area contributed by atoms with Gasteiger partial charge >= 0.3 is 0 Å². The molecule has 0 radical (unpaired) electrons. The molecule has 1 fully saturated rings. The lowest BCUT2D eigenvalue weighted by atomic mass is 10.1. The van der Waals surface area contributed by atoms with Gasteiger partial charge in [0.1, 0.15) is 0 Å². The molecule has 1 aliphatic heterocycles. The number of hydrogen-bond acceptors (Lipinski definition) is 4. The van der Waals surface area contributed by atoms with E-state index in [2.05, 4.69) is 36.3 Å². The molecule has 1 aliphatic rings. The second kappa shape index (κ2) is 8.45. The number of carbonyl (C=O) groups is 2. The van der Waals surface area contributed by atoms with Crippen molar-refractivity contribution in [2.24, 2.45) is 0 Å². The maximum Gasteiger partial charge on any atom is 0.253 e. The molecule has 0 spiro atoms. The zero-order valence-electron chi connectivity index (χ0n) is 18.5. The first-order valence-electron chi connectivity index (χ1n) is 10.4. The largest absolute Gasteiger partial charge is 0.343 e. The predicted octanol–water partition coefficient (Wildman–Crippen LogP) is 3.37. The highest BCUT2D eigenvalue weighted by Gasteiger charge is 2.26. The van der Waals surface area contributed by atoms with Crippen LogP contribution in [0.15, 0.2) is 30.3 Å². The number of amides is 1. The number of rotatable bonds is 4. The van der Waals surface area contributed by atoms with Crippen LogP contribution >= 0.6 is 0 Å². The number of piperazine rings is 1. The maximum atomic E-state index is 13.0. The third kappa shape index (κ3) is 4.47. The lowest BCUT2D eigenvalue weighted by Gasteiger charge is -2.34. The highest BCUT2D eigenvalue weighted by Crippen LogP contribution is 2.25. The number of aryl methyl sites for hydroxylation is 1. The topological polar surface area (TPSA) is 69.3 Å². The molecule has 0 saturated carbocycles. The number of nitriles is 1. The fraction of sp³-hybridized carbons (Fsp3) is 0.458. The van der Waals surface area contributed by atoms with Crippen molar-refractivity contribution in [1.29, 1.82) is 5.26 Å². The van der Waals surface area contributed by atoms with Gasteiger partial charge in [-0.1, -0.05) is 6.07 Å². The van der Waals surface area contributed by atoms with E-state index in [1.807, 2.05) is 19.9 Å². The van der Waals surface area contributed by atoms with Gasteiger partial charge in [-0.3, -0.25) is 14.5 Å². The lowest BCUT2D eigenvalue weighted by molar-refractivity contribution is 0.0624. The van der Waals surface area contributed by atoms with Crippen LogP contribution in [0.2, 0.25) is 0 Å². The molecule has 1 amide bonds. The molecule has 30 heavy (non-hydrogen) atoms. The Hall–Kier alpha value is -2.91. The molecule has 6 heteroatoms. The minimum absolute atomic E-state index is 0.0631. The van der Waals surface area contributed by atoms with Crippen molar-refractivity contribution >= 4 is 11.7 Å². The Bertz CT molecular complexity index is 999. The van der Waals surface area contributed by atoms with Crippen molar-refractivity contribution in [3.8, 4) is 6.07 Å². The highest BCUT2D eigenvalue weighted by atomic mass is 16.2. The van der Waals surface area contributed by atoms with Crippen molar-refractivity contribution < 1.29 is 9.59 Å². The number of ketones is 1. The van der Waals surface area contributed by atoms with Crippen LogP contribution in [0.1, 0.15) is 58.4 Å². The van der Waals surface area contributed by atoms with Crippen molar-refractivity contribution in [2.45, 2.75) is 40.2 Å². The van der Waals surface area contributed by atoms with Gasteiger partial charge in [0.15, 0.2) is 5.78 Å². The summed E-state index contributed by atoms with van der Waals surface area (Å²) in [5.41, 5.74) is 3.84. The Kier molecular flexibility index (Phi) is 6.14. The highest BCUT2D eigenvalue weighted by molar-refractivity contribution is 5.99. The minimum Gasteiger partial charge on any atom is -0.343 e. The van der Waals surface area contributed by atoms with Gasteiger partial charge in [-0.05, 0) is 58.9 Å². The Morgan fingerprint density at radius 2 is 1.73 bits per heavy atom. The van der Waals surface area contributed by atoms with E-state index in [0.717, 1.165) is 17.0 Å². The Labute approximate surface area is 178 Å². The number of nitrogens with zero attached hydrogens (tertiary/aromatic N) is 4. The van der Waals surface area contributed by atoms with E-state index in [0.29, 0.717) is 43.9 Å². The van der Waals surface area contributed by atoms with Gasteiger partial charge < -0.3 is 9.47 Å². The number of aromatic nitrogens is 1. The van der Waals surface area contributed by atoms with Crippen molar-refractivity contribution in [2.75, 3.05) is 32.7 Å². The van der Waals surface area contributed by atoms with Gasteiger partial charge in [-0.25, -0.2) is 0 Å². The quantitative estimate of drug-likeness (QED) is 0.730. The van der Waals surface area contributed by atoms with E-state index in [9.17, 15) is 9.59 Å². The fourth-order valence-corrected chi connectivity index (χ4v) is 4.38. The van der Waals surface area contributed by atoms with Crippen LogP contribution in [0.5, 0.6) is 0 Å². The summed E-state index contributed by atoms with van der Waals surface area (Å²) in [5.74, 6) is 0.0619. The normalized spacial score (nSPS) is 15.1. The molecular weight excluding hydrogens is 376 g/mol. The number of carbonyl (C=O) groups excluding carboxylic acids is 2. The van der Waals surface area contributed by atoms with E-state index in [1.165, 1.54) is 0 Å². The van der Waals surface area contributed by atoms with Crippen LogP contribution in [0.25, 0.3) is 0 Å². The smallest absolute Gasteiger partial charge is 0.253 e. The molecule has 2 heterocycles. The molecule has 3 rings (SSSR count). The Morgan fingerprint density at radius 3 is 2.30 bits per heavy atom. The van der Waals surface area contributed by atoms with E-state index < -0.39 is 0 Å². The number of benzene rings is 1. The first kappa shape index (κ1) is 21.8. The standard InChI is InChI=1S/C24H30N4O2/c1-17-13-21(18(2)28(17)24(3,4)5)22(29)16-26-9-11-27(12-10-26)23(30)20-8-6-7-19(14-20)15-25/h6-8,13-14H,9-12,16H2,1-5H3. The van der Waals surface area contributed by atoms with Crippen LogP contribution in [0.4, 0.5) is 0 Å². The summed E-state index contributed by atoms with van der Waals surface area (Å²) in [7, 11) is 0. The van der Waals surface area contributed by atoms with E-state index >= 15 is 0 Å². The number of hydrogen-bond donors (Lipinski definition) is 0. The van der Waals surface area contributed by atoms with Crippen molar-refractivity contribution in [3.05, 3.63) is 58.4 Å². The maximum absolute atomic E-state index is 13.0. The first-order chi connectivity index (χ1) is 14.1. The van der Waals surface area contributed by atoms with Gasteiger partial charge in [0.2, 0.25) is 0 Å². The van der Waals surface area contributed by atoms with E-state index in [1.54, 1.807) is 29.2 Å². The lowest BCUT2D eigenvalue weighted by Crippen LogP contribution is -2.49. The third-order valence-electron chi connectivity index (χ3n) is 5.67. The molecule has 1 aromatic carbocycles. The molecule has 0 aliphatic carbocycles. The van der Waals surface area contributed by atoms with Gasteiger partial charge in [-0.2, -0.15) is 5.26 Å². The summed E-state index contributed by atoms with van der Waals surface area (Å²) < 4.78 is 2.21. The molecule has 1 saturated heterocycles. The second-order valence-electron chi connectivity index (χ2n) is 8.98. The summed E-state index contributed by atoms with van der Waals surface area (Å²) >= 11 is 0. The molecule has 158 valence electrons. The van der Waals surface area contributed by atoms with Crippen molar-refractivity contribution in [3.63, 3.8) is 0 Å².